The van der Waals surface area contributed by atoms with Gasteiger partial charge in [-0.3, -0.25) is 0 Å². The first-order valence-electron chi connectivity index (χ1n) is 7.62. The number of aliphatic hydroxyl groups is 1. The van der Waals surface area contributed by atoms with Crippen molar-refractivity contribution in [3.05, 3.63) is 57.8 Å². The fraction of sp³-hybridized carbons (Fsp3) is 0.278. The van der Waals surface area contributed by atoms with Crippen molar-refractivity contribution in [2.24, 2.45) is 0 Å². The fourth-order valence-electron chi connectivity index (χ4n) is 2.52. The number of hydrogen-bond acceptors (Lipinski definition) is 3. The van der Waals surface area contributed by atoms with Crippen molar-refractivity contribution in [1.82, 2.24) is 9.55 Å². The molecule has 0 spiro atoms. The molecule has 0 aliphatic heterocycles. The van der Waals surface area contributed by atoms with Gasteiger partial charge in [-0.2, -0.15) is 0 Å². The second-order valence-corrected chi connectivity index (χ2v) is 6.71. The lowest BCUT2D eigenvalue weighted by atomic mass is 10.1. The van der Waals surface area contributed by atoms with E-state index in [4.69, 9.17) is 27.9 Å². The first-order chi connectivity index (χ1) is 11.4. The lowest BCUT2D eigenvalue weighted by Gasteiger charge is -2.14. The molecule has 3 rings (SSSR count). The summed E-state index contributed by atoms with van der Waals surface area (Å²) in [5, 5.41) is 11.2. The number of aromatic nitrogens is 2. The highest BCUT2D eigenvalue weighted by Crippen LogP contribution is 2.27. The quantitative estimate of drug-likeness (QED) is 0.729. The third-order valence-electron chi connectivity index (χ3n) is 3.97. The predicted octanol–water partition coefficient (Wildman–Crippen LogP) is 4.40. The van der Waals surface area contributed by atoms with E-state index >= 15 is 0 Å². The maximum Gasteiger partial charge on any atom is 0.138 e. The Labute approximate surface area is 150 Å². The van der Waals surface area contributed by atoms with Crippen LogP contribution in [-0.2, 0) is 6.54 Å². The molecule has 0 radical (unpaired) electrons. The third kappa shape index (κ3) is 3.66. The second kappa shape index (κ2) is 7.01. The Morgan fingerprint density at radius 3 is 2.67 bits per heavy atom. The topological polar surface area (TPSA) is 47.3 Å². The molecular formula is C18H18Cl2N2O2. The van der Waals surface area contributed by atoms with Crippen molar-refractivity contribution < 1.29 is 9.84 Å². The lowest BCUT2D eigenvalue weighted by Crippen LogP contribution is -2.23. The van der Waals surface area contributed by atoms with Crippen LogP contribution in [0.5, 0.6) is 5.75 Å². The molecule has 1 heterocycles. The van der Waals surface area contributed by atoms with Gasteiger partial charge < -0.3 is 14.4 Å². The molecule has 1 N–H and O–H groups in total. The Morgan fingerprint density at radius 1 is 1.17 bits per heavy atom. The summed E-state index contributed by atoms with van der Waals surface area (Å²) >= 11 is 11.9. The number of fused-ring (bicyclic) bond motifs is 1. The van der Waals surface area contributed by atoms with Crippen LogP contribution in [0.3, 0.4) is 0 Å². The lowest BCUT2D eigenvalue weighted by molar-refractivity contribution is 0.0935. The van der Waals surface area contributed by atoms with Gasteiger partial charge in [0, 0.05) is 5.02 Å². The second-order valence-electron chi connectivity index (χ2n) is 5.86. The summed E-state index contributed by atoms with van der Waals surface area (Å²) in [6.45, 7) is 4.65. The Hall–Kier alpha value is -1.75. The van der Waals surface area contributed by atoms with Crippen LogP contribution < -0.4 is 4.74 Å². The van der Waals surface area contributed by atoms with Gasteiger partial charge in [0.2, 0.25) is 0 Å². The molecule has 3 aromatic rings. The minimum absolute atomic E-state index is 0.131. The van der Waals surface area contributed by atoms with Crippen LogP contribution >= 0.6 is 23.2 Å². The van der Waals surface area contributed by atoms with Crippen molar-refractivity contribution in [2.75, 3.05) is 6.61 Å². The highest BCUT2D eigenvalue weighted by Gasteiger charge is 2.12. The van der Waals surface area contributed by atoms with E-state index in [1.54, 1.807) is 24.5 Å². The van der Waals surface area contributed by atoms with E-state index in [2.05, 4.69) is 31.0 Å². The number of hydrogen-bond donors (Lipinski definition) is 1. The van der Waals surface area contributed by atoms with E-state index in [0.717, 1.165) is 11.0 Å². The summed E-state index contributed by atoms with van der Waals surface area (Å²) in [7, 11) is 0. The van der Waals surface area contributed by atoms with Crippen LogP contribution in [0.15, 0.2) is 36.7 Å². The molecule has 126 valence electrons. The molecular weight excluding hydrogens is 347 g/mol. The molecule has 0 saturated carbocycles. The van der Waals surface area contributed by atoms with E-state index in [0.29, 0.717) is 22.3 Å². The minimum atomic E-state index is -0.684. The van der Waals surface area contributed by atoms with E-state index < -0.39 is 6.10 Å². The summed E-state index contributed by atoms with van der Waals surface area (Å²) < 4.78 is 7.51. The van der Waals surface area contributed by atoms with Crippen LogP contribution in [0.2, 0.25) is 10.0 Å². The molecule has 2 aromatic carbocycles. The van der Waals surface area contributed by atoms with Crippen molar-refractivity contribution in [2.45, 2.75) is 26.5 Å². The molecule has 0 aliphatic rings. The van der Waals surface area contributed by atoms with Gasteiger partial charge in [0.15, 0.2) is 0 Å². The van der Waals surface area contributed by atoms with Crippen LogP contribution in [0, 0.1) is 13.8 Å². The molecule has 1 unspecified atom stereocenters. The third-order valence-corrected chi connectivity index (χ3v) is 4.50. The minimum Gasteiger partial charge on any atom is -0.489 e. The summed E-state index contributed by atoms with van der Waals surface area (Å²) in [6, 6.07) is 9.14. The van der Waals surface area contributed by atoms with Gasteiger partial charge in [-0.15, -0.1) is 0 Å². The highest BCUT2D eigenvalue weighted by atomic mass is 35.5. The predicted molar refractivity (Wildman–Crippen MR) is 97.2 cm³/mol. The van der Waals surface area contributed by atoms with E-state index in [9.17, 15) is 5.11 Å². The van der Waals surface area contributed by atoms with Gasteiger partial charge >= 0.3 is 0 Å². The monoisotopic (exact) mass is 364 g/mol. The van der Waals surface area contributed by atoms with Crippen molar-refractivity contribution in [1.29, 1.82) is 0 Å². The summed E-state index contributed by atoms with van der Waals surface area (Å²) in [6.07, 6.45) is 1.05. The molecule has 4 nitrogen and oxygen atoms in total. The number of aryl methyl sites for hydroxylation is 2. The van der Waals surface area contributed by atoms with Crippen LogP contribution in [-0.4, -0.2) is 27.4 Å². The number of imidazole rings is 1. The number of rotatable bonds is 5. The number of aliphatic hydroxyl groups excluding tert-OH is 1. The van der Waals surface area contributed by atoms with Crippen molar-refractivity contribution in [3.63, 3.8) is 0 Å². The Kier molecular flexibility index (Phi) is 4.99. The molecule has 0 amide bonds. The van der Waals surface area contributed by atoms with Gasteiger partial charge in [0.1, 0.15) is 18.5 Å². The molecule has 6 heteroatoms. The molecule has 24 heavy (non-hydrogen) atoms. The van der Waals surface area contributed by atoms with Crippen LogP contribution in [0.1, 0.15) is 11.1 Å². The Morgan fingerprint density at radius 2 is 1.92 bits per heavy atom. The summed E-state index contributed by atoms with van der Waals surface area (Å²) in [4.78, 5) is 4.39. The summed E-state index contributed by atoms with van der Waals surface area (Å²) in [5.41, 5.74) is 4.32. The SMILES string of the molecule is Cc1cc2ncn(CC(O)COc3ccc(Cl)cc3Cl)c2cc1C. The molecule has 0 bridgehead atoms. The van der Waals surface area contributed by atoms with Crippen molar-refractivity contribution >= 4 is 34.2 Å². The fourth-order valence-corrected chi connectivity index (χ4v) is 2.98. The number of halogens is 2. The first-order valence-corrected chi connectivity index (χ1v) is 8.37. The van der Waals surface area contributed by atoms with Gasteiger partial charge in [0.25, 0.3) is 0 Å². The van der Waals surface area contributed by atoms with E-state index in [1.807, 2.05) is 4.57 Å². The van der Waals surface area contributed by atoms with Gasteiger partial charge in [-0.25, -0.2) is 4.98 Å². The van der Waals surface area contributed by atoms with Gasteiger partial charge in [-0.05, 0) is 55.3 Å². The number of nitrogens with zero attached hydrogens (tertiary/aromatic N) is 2. The number of benzene rings is 2. The average molecular weight is 365 g/mol. The van der Waals surface area contributed by atoms with Gasteiger partial charge in [-0.1, -0.05) is 23.2 Å². The molecule has 1 atom stereocenters. The highest BCUT2D eigenvalue weighted by molar-refractivity contribution is 6.35. The summed E-state index contributed by atoms with van der Waals surface area (Å²) in [5.74, 6) is 0.502. The molecule has 0 aliphatic carbocycles. The molecule has 0 saturated heterocycles. The normalized spacial score (nSPS) is 12.5. The smallest absolute Gasteiger partial charge is 0.138 e. The molecule has 1 aromatic heterocycles. The molecule has 0 fully saturated rings. The standard InChI is InChI=1S/C18H18Cl2N2O2/c1-11-5-16-17(6-12(11)2)22(10-21-16)8-14(23)9-24-18-4-3-13(19)7-15(18)20/h3-7,10,14,23H,8-9H2,1-2H3. The zero-order valence-electron chi connectivity index (χ0n) is 13.5. The van der Waals surface area contributed by atoms with Crippen LogP contribution in [0.4, 0.5) is 0 Å². The maximum atomic E-state index is 10.3. The van der Waals surface area contributed by atoms with E-state index in [1.165, 1.54) is 11.1 Å². The van der Waals surface area contributed by atoms with Gasteiger partial charge in [0.05, 0.1) is 28.9 Å². The Balaban J connectivity index is 1.69. The van der Waals surface area contributed by atoms with Crippen LogP contribution in [0.25, 0.3) is 11.0 Å². The largest absolute Gasteiger partial charge is 0.489 e. The zero-order valence-corrected chi connectivity index (χ0v) is 15.0. The van der Waals surface area contributed by atoms with E-state index in [-0.39, 0.29) is 6.61 Å². The average Bonchev–Trinajstić information content (AvgIpc) is 2.89. The Bertz CT molecular complexity index is 877. The zero-order chi connectivity index (χ0) is 17.3. The first kappa shape index (κ1) is 17.1. The number of ether oxygens (including phenoxy) is 1. The maximum absolute atomic E-state index is 10.3. The van der Waals surface area contributed by atoms with Crippen molar-refractivity contribution in [3.8, 4) is 5.75 Å².